The molecule has 27 heavy (non-hydrogen) atoms. The molecule has 2 heteroatoms. The number of carbonyl (C=O) groups is 1. The number of ether oxygens (including phenoxy) is 1. The van der Waals surface area contributed by atoms with E-state index in [1.165, 1.54) is 116 Å². The van der Waals surface area contributed by atoms with E-state index in [1.54, 1.807) is 0 Å². The molecule has 1 rings (SSSR count). The fourth-order valence-corrected chi connectivity index (χ4v) is 4.38. The van der Waals surface area contributed by atoms with Crippen LogP contribution in [0.3, 0.4) is 0 Å². The van der Waals surface area contributed by atoms with Gasteiger partial charge in [0.15, 0.2) is 0 Å². The molecule has 0 aliphatic heterocycles. The predicted molar refractivity (Wildman–Crippen MR) is 117 cm³/mol. The van der Waals surface area contributed by atoms with Crippen LogP contribution >= 0.6 is 0 Å². The van der Waals surface area contributed by atoms with E-state index in [1.807, 2.05) is 0 Å². The van der Waals surface area contributed by atoms with E-state index in [9.17, 15) is 4.79 Å². The Balaban J connectivity index is 1.78. The minimum absolute atomic E-state index is 0.0262. The fourth-order valence-electron chi connectivity index (χ4n) is 4.38. The third-order valence-electron chi connectivity index (χ3n) is 6.23. The van der Waals surface area contributed by atoms with Crippen molar-refractivity contribution in [2.24, 2.45) is 5.92 Å². The first kappa shape index (κ1) is 24.5. The molecule has 0 heterocycles. The van der Waals surface area contributed by atoms with Crippen LogP contribution in [0.5, 0.6) is 0 Å². The summed E-state index contributed by atoms with van der Waals surface area (Å²) in [5.41, 5.74) is 0. The Morgan fingerprint density at radius 2 is 1.26 bits per heavy atom. The van der Waals surface area contributed by atoms with Crippen LogP contribution in [0.25, 0.3) is 0 Å². The molecule has 0 aromatic carbocycles. The van der Waals surface area contributed by atoms with Gasteiger partial charge in [-0.2, -0.15) is 0 Å². The lowest BCUT2D eigenvalue weighted by molar-refractivity contribution is -0.143. The second kappa shape index (κ2) is 18.8. The molecule has 1 aliphatic rings. The van der Waals surface area contributed by atoms with E-state index < -0.39 is 0 Å². The van der Waals surface area contributed by atoms with Crippen molar-refractivity contribution in [3.05, 3.63) is 0 Å². The molecule has 1 saturated carbocycles. The highest BCUT2D eigenvalue weighted by Crippen LogP contribution is 2.27. The molecular formula is C25H48O2. The summed E-state index contributed by atoms with van der Waals surface area (Å²) >= 11 is 0. The summed E-state index contributed by atoms with van der Waals surface area (Å²) < 4.78 is 5.40. The van der Waals surface area contributed by atoms with Gasteiger partial charge in [0.25, 0.3) is 0 Å². The highest BCUT2D eigenvalue weighted by molar-refractivity contribution is 5.69. The smallest absolute Gasteiger partial charge is 0.305 e. The van der Waals surface area contributed by atoms with Gasteiger partial charge in [-0.05, 0) is 18.8 Å². The van der Waals surface area contributed by atoms with E-state index in [0.717, 1.165) is 18.8 Å². The van der Waals surface area contributed by atoms with Crippen molar-refractivity contribution < 1.29 is 9.53 Å². The zero-order chi connectivity index (χ0) is 19.4. The van der Waals surface area contributed by atoms with E-state index in [0.29, 0.717) is 13.0 Å². The summed E-state index contributed by atoms with van der Waals surface area (Å²) in [5.74, 6) is 1.00. The van der Waals surface area contributed by atoms with Crippen molar-refractivity contribution in [2.75, 3.05) is 6.61 Å². The summed E-state index contributed by atoms with van der Waals surface area (Å²) in [7, 11) is 0. The summed E-state index contributed by atoms with van der Waals surface area (Å²) in [6.07, 6.45) is 27.4. The molecule has 0 radical (unpaired) electrons. The van der Waals surface area contributed by atoms with Crippen LogP contribution in [0.1, 0.15) is 142 Å². The molecule has 0 atom stereocenters. The maximum atomic E-state index is 11.8. The van der Waals surface area contributed by atoms with Crippen molar-refractivity contribution >= 4 is 5.97 Å². The SMILES string of the molecule is CCCCCCCCCCCCC(=O)OCCCCCC1CCCCCC1. The Labute approximate surface area is 170 Å². The lowest BCUT2D eigenvalue weighted by Gasteiger charge is -2.13. The first-order valence-electron chi connectivity index (χ1n) is 12.5. The van der Waals surface area contributed by atoms with Crippen LogP contribution in [0.15, 0.2) is 0 Å². The van der Waals surface area contributed by atoms with Gasteiger partial charge in [0.1, 0.15) is 0 Å². The maximum Gasteiger partial charge on any atom is 0.305 e. The van der Waals surface area contributed by atoms with Crippen LogP contribution in [-0.4, -0.2) is 12.6 Å². The molecule has 160 valence electrons. The van der Waals surface area contributed by atoms with Gasteiger partial charge < -0.3 is 4.74 Å². The van der Waals surface area contributed by atoms with Crippen LogP contribution in [0, 0.1) is 5.92 Å². The van der Waals surface area contributed by atoms with Gasteiger partial charge in [-0.1, -0.05) is 122 Å². The molecule has 0 unspecified atom stereocenters. The van der Waals surface area contributed by atoms with Gasteiger partial charge in [-0.25, -0.2) is 0 Å². The number of hydrogen-bond donors (Lipinski definition) is 0. The zero-order valence-corrected chi connectivity index (χ0v) is 18.5. The molecule has 1 fully saturated rings. The van der Waals surface area contributed by atoms with Crippen LogP contribution in [-0.2, 0) is 9.53 Å². The third-order valence-corrected chi connectivity index (χ3v) is 6.23. The summed E-state index contributed by atoms with van der Waals surface area (Å²) in [6.45, 7) is 2.91. The van der Waals surface area contributed by atoms with E-state index in [2.05, 4.69) is 6.92 Å². The van der Waals surface area contributed by atoms with Crippen LogP contribution in [0.4, 0.5) is 0 Å². The van der Waals surface area contributed by atoms with Crippen molar-refractivity contribution in [1.82, 2.24) is 0 Å². The second-order valence-electron chi connectivity index (χ2n) is 8.86. The number of unbranched alkanes of at least 4 members (excludes halogenated alkanes) is 11. The zero-order valence-electron chi connectivity index (χ0n) is 18.5. The number of carbonyl (C=O) groups excluding carboxylic acids is 1. The van der Waals surface area contributed by atoms with Crippen molar-refractivity contribution in [3.63, 3.8) is 0 Å². The van der Waals surface area contributed by atoms with Crippen molar-refractivity contribution in [2.45, 2.75) is 142 Å². The molecule has 0 aromatic rings. The molecule has 2 nitrogen and oxygen atoms in total. The Morgan fingerprint density at radius 3 is 1.89 bits per heavy atom. The molecule has 1 aliphatic carbocycles. The Morgan fingerprint density at radius 1 is 0.704 bits per heavy atom. The largest absolute Gasteiger partial charge is 0.466 e. The van der Waals surface area contributed by atoms with Gasteiger partial charge in [0.05, 0.1) is 6.61 Å². The number of rotatable bonds is 17. The quantitative estimate of drug-likeness (QED) is 0.144. The fraction of sp³-hybridized carbons (Fsp3) is 0.960. The third kappa shape index (κ3) is 16.2. The first-order chi connectivity index (χ1) is 13.3. The average molecular weight is 381 g/mol. The van der Waals surface area contributed by atoms with Gasteiger partial charge in [-0.15, -0.1) is 0 Å². The van der Waals surface area contributed by atoms with Gasteiger partial charge >= 0.3 is 5.97 Å². The van der Waals surface area contributed by atoms with Gasteiger partial charge in [-0.3, -0.25) is 4.79 Å². The Bertz CT molecular complexity index is 318. The highest BCUT2D eigenvalue weighted by atomic mass is 16.5. The summed E-state index contributed by atoms with van der Waals surface area (Å²) in [5, 5.41) is 0. The molecule has 0 spiro atoms. The van der Waals surface area contributed by atoms with Gasteiger partial charge in [0, 0.05) is 6.42 Å². The van der Waals surface area contributed by atoms with E-state index in [4.69, 9.17) is 4.74 Å². The average Bonchev–Trinajstić information content (AvgIpc) is 2.95. The Hall–Kier alpha value is -0.530. The first-order valence-corrected chi connectivity index (χ1v) is 12.5. The topological polar surface area (TPSA) is 26.3 Å². The second-order valence-corrected chi connectivity index (χ2v) is 8.86. The molecule has 0 N–H and O–H groups in total. The number of hydrogen-bond acceptors (Lipinski definition) is 2. The monoisotopic (exact) mass is 380 g/mol. The standard InChI is InChI=1S/C25H48O2/c1-2-3-4-5-6-7-8-9-10-17-22-25(26)27-23-18-13-16-21-24-19-14-11-12-15-20-24/h24H,2-23H2,1H3. The highest BCUT2D eigenvalue weighted by Gasteiger charge is 2.11. The maximum absolute atomic E-state index is 11.8. The lowest BCUT2D eigenvalue weighted by atomic mass is 9.94. The molecule has 0 bridgehead atoms. The van der Waals surface area contributed by atoms with E-state index >= 15 is 0 Å². The minimum Gasteiger partial charge on any atom is -0.466 e. The minimum atomic E-state index is 0.0262. The lowest BCUT2D eigenvalue weighted by Crippen LogP contribution is -2.06. The summed E-state index contributed by atoms with van der Waals surface area (Å²) in [4.78, 5) is 11.8. The van der Waals surface area contributed by atoms with Crippen molar-refractivity contribution in [1.29, 1.82) is 0 Å². The Kier molecular flexibility index (Phi) is 17.1. The summed E-state index contributed by atoms with van der Waals surface area (Å²) in [6, 6.07) is 0. The van der Waals surface area contributed by atoms with E-state index in [-0.39, 0.29) is 5.97 Å². The molecule has 0 aromatic heterocycles. The number of esters is 1. The molecule has 0 saturated heterocycles. The molecule has 0 amide bonds. The van der Waals surface area contributed by atoms with Crippen LogP contribution < -0.4 is 0 Å². The van der Waals surface area contributed by atoms with Gasteiger partial charge in [0.2, 0.25) is 0 Å². The van der Waals surface area contributed by atoms with Crippen LogP contribution in [0.2, 0.25) is 0 Å². The van der Waals surface area contributed by atoms with Crippen molar-refractivity contribution in [3.8, 4) is 0 Å². The molecular weight excluding hydrogens is 332 g/mol. The normalized spacial score (nSPS) is 15.6. The predicted octanol–water partition coefficient (Wildman–Crippen LogP) is 8.37.